The number of cyclic esters (lactones) is 1. The highest BCUT2D eigenvalue weighted by atomic mass is 79.9. The van der Waals surface area contributed by atoms with E-state index in [0.29, 0.717) is 6.61 Å². The van der Waals surface area contributed by atoms with E-state index >= 15 is 0 Å². The van der Waals surface area contributed by atoms with Crippen LogP contribution in [0.2, 0.25) is 0 Å². The van der Waals surface area contributed by atoms with Gasteiger partial charge >= 0.3 is 5.97 Å². The minimum absolute atomic E-state index is 0.148. The molecule has 0 amide bonds. The molecular formula is C13H20Br2O2. The van der Waals surface area contributed by atoms with Crippen molar-refractivity contribution in [2.24, 2.45) is 11.8 Å². The van der Waals surface area contributed by atoms with Crippen molar-refractivity contribution < 1.29 is 9.53 Å². The summed E-state index contributed by atoms with van der Waals surface area (Å²) < 4.78 is 6.11. The Bertz CT molecular complexity index is 298. The molecule has 0 N–H and O–H groups in total. The zero-order valence-electron chi connectivity index (χ0n) is 10.5. The topological polar surface area (TPSA) is 26.3 Å². The summed E-state index contributed by atoms with van der Waals surface area (Å²) in [5.41, 5.74) is 0.839. The summed E-state index contributed by atoms with van der Waals surface area (Å²) in [4.78, 5) is 11.6. The second kappa shape index (κ2) is 7.57. The SMILES string of the molecule is CC(C)CCCC/C(Br)=C1/C(=O)OCC1CBr. The molecule has 1 aliphatic heterocycles. The first kappa shape index (κ1) is 15.2. The fourth-order valence-corrected chi connectivity index (χ4v) is 3.20. The lowest BCUT2D eigenvalue weighted by Gasteiger charge is -2.08. The van der Waals surface area contributed by atoms with Gasteiger partial charge in [0.25, 0.3) is 0 Å². The van der Waals surface area contributed by atoms with Crippen LogP contribution in [0.25, 0.3) is 0 Å². The van der Waals surface area contributed by atoms with E-state index in [9.17, 15) is 4.79 Å². The number of esters is 1. The number of carbonyl (C=O) groups is 1. The lowest BCUT2D eigenvalue weighted by Crippen LogP contribution is -2.06. The average molecular weight is 368 g/mol. The van der Waals surface area contributed by atoms with Crippen LogP contribution < -0.4 is 0 Å². The quantitative estimate of drug-likeness (QED) is 0.300. The third-order valence-corrected chi connectivity index (χ3v) is 4.56. The van der Waals surface area contributed by atoms with Gasteiger partial charge in [-0.3, -0.25) is 0 Å². The summed E-state index contributed by atoms with van der Waals surface area (Å²) in [6, 6.07) is 0. The standard InChI is InChI=1S/C13H20Br2O2/c1-9(2)5-3-4-6-11(15)12-10(7-14)8-17-13(12)16/h9-10H,3-8H2,1-2H3/b12-11-. The van der Waals surface area contributed by atoms with Crippen LogP contribution >= 0.6 is 31.9 Å². The van der Waals surface area contributed by atoms with Crippen molar-refractivity contribution in [2.45, 2.75) is 39.5 Å². The minimum Gasteiger partial charge on any atom is -0.462 e. The molecule has 0 bridgehead atoms. The normalized spacial score (nSPS) is 23.1. The largest absolute Gasteiger partial charge is 0.462 e. The number of halogens is 2. The summed E-state index contributed by atoms with van der Waals surface area (Å²) in [6.45, 7) is 4.99. The van der Waals surface area contributed by atoms with Crippen LogP contribution in [-0.4, -0.2) is 17.9 Å². The molecule has 1 heterocycles. The van der Waals surface area contributed by atoms with Crippen molar-refractivity contribution in [1.82, 2.24) is 0 Å². The van der Waals surface area contributed by atoms with Crippen LogP contribution in [0, 0.1) is 11.8 Å². The van der Waals surface area contributed by atoms with Gasteiger partial charge in [-0.25, -0.2) is 4.79 Å². The third kappa shape index (κ3) is 4.74. The minimum atomic E-state index is -0.148. The summed E-state index contributed by atoms with van der Waals surface area (Å²) in [7, 11) is 0. The second-order valence-electron chi connectivity index (χ2n) is 4.91. The van der Waals surface area contributed by atoms with Crippen LogP contribution in [-0.2, 0) is 9.53 Å². The number of ether oxygens (including phenoxy) is 1. The zero-order valence-corrected chi connectivity index (χ0v) is 13.6. The van der Waals surface area contributed by atoms with E-state index in [1.165, 1.54) is 12.8 Å². The van der Waals surface area contributed by atoms with Gasteiger partial charge < -0.3 is 4.74 Å². The molecule has 1 unspecified atom stereocenters. The van der Waals surface area contributed by atoms with Crippen LogP contribution in [0.3, 0.4) is 0 Å². The summed E-state index contributed by atoms with van der Waals surface area (Å²) in [6.07, 6.45) is 4.54. The number of hydrogen-bond acceptors (Lipinski definition) is 2. The monoisotopic (exact) mass is 366 g/mol. The molecule has 1 saturated heterocycles. The van der Waals surface area contributed by atoms with Gasteiger partial charge in [0.05, 0.1) is 12.2 Å². The number of unbranched alkanes of at least 4 members (excludes halogenated alkanes) is 1. The first-order valence-corrected chi connectivity index (χ1v) is 8.09. The van der Waals surface area contributed by atoms with E-state index in [-0.39, 0.29) is 11.9 Å². The average Bonchev–Trinajstić information content (AvgIpc) is 2.65. The predicted octanol–water partition coefficient (Wildman–Crippen LogP) is 4.42. The smallest absolute Gasteiger partial charge is 0.335 e. The Kier molecular flexibility index (Phi) is 6.78. The van der Waals surface area contributed by atoms with Gasteiger partial charge in [0.15, 0.2) is 0 Å². The molecule has 1 fully saturated rings. The van der Waals surface area contributed by atoms with Gasteiger partial charge in [0, 0.05) is 15.7 Å². The van der Waals surface area contributed by atoms with E-state index in [4.69, 9.17) is 4.74 Å². The molecule has 0 aromatic rings. The Balaban J connectivity index is 2.48. The Labute approximate surface area is 120 Å². The molecule has 0 aromatic heterocycles. The molecular weight excluding hydrogens is 348 g/mol. The molecule has 1 aliphatic rings. The lowest BCUT2D eigenvalue weighted by atomic mass is 10.0. The Morgan fingerprint density at radius 1 is 1.47 bits per heavy atom. The Hall–Kier alpha value is 0.170. The van der Waals surface area contributed by atoms with Gasteiger partial charge in [-0.2, -0.15) is 0 Å². The molecule has 98 valence electrons. The van der Waals surface area contributed by atoms with E-state index < -0.39 is 0 Å². The van der Waals surface area contributed by atoms with Crippen molar-refractivity contribution in [3.05, 3.63) is 10.1 Å². The van der Waals surface area contributed by atoms with E-state index in [1.807, 2.05) is 0 Å². The van der Waals surface area contributed by atoms with Crippen molar-refractivity contribution in [3.8, 4) is 0 Å². The van der Waals surface area contributed by atoms with E-state index in [1.54, 1.807) is 0 Å². The highest BCUT2D eigenvalue weighted by molar-refractivity contribution is 9.11. The molecule has 0 radical (unpaired) electrons. The summed E-state index contributed by atoms with van der Waals surface area (Å²) in [5, 5.41) is 0.787. The maximum absolute atomic E-state index is 11.6. The van der Waals surface area contributed by atoms with Crippen LogP contribution in [0.15, 0.2) is 10.1 Å². The molecule has 0 aromatic carbocycles. The van der Waals surface area contributed by atoms with Crippen molar-refractivity contribution in [2.75, 3.05) is 11.9 Å². The summed E-state index contributed by atoms with van der Waals surface area (Å²) >= 11 is 6.98. The first-order valence-electron chi connectivity index (χ1n) is 6.17. The number of rotatable bonds is 6. The lowest BCUT2D eigenvalue weighted by molar-refractivity contribution is -0.135. The number of alkyl halides is 1. The van der Waals surface area contributed by atoms with Gasteiger partial charge in [0.2, 0.25) is 0 Å². The van der Waals surface area contributed by atoms with E-state index in [0.717, 1.165) is 34.1 Å². The fraction of sp³-hybridized carbons (Fsp3) is 0.769. The maximum Gasteiger partial charge on any atom is 0.335 e. The molecule has 0 spiro atoms. The number of allylic oxidation sites excluding steroid dienone is 1. The second-order valence-corrected chi connectivity index (χ2v) is 6.51. The van der Waals surface area contributed by atoms with E-state index in [2.05, 4.69) is 45.7 Å². The highest BCUT2D eigenvalue weighted by Crippen LogP contribution is 2.31. The van der Waals surface area contributed by atoms with Crippen molar-refractivity contribution >= 4 is 37.8 Å². The Morgan fingerprint density at radius 2 is 2.18 bits per heavy atom. The molecule has 1 atom stereocenters. The zero-order chi connectivity index (χ0) is 12.8. The number of hydrogen-bond donors (Lipinski definition) is 0. The van der Waals surface area contributed by atoms with Gasteiger partial charge in [0.1, 0.15) is 0 Å². The highest BCUT2D eigenvalue weighted by Gasteiger charge is 2.31. The van der Waals surface area contributed by atoms with Crippen LogP contribution in [0.4, 0.5) is 0 Å². The molecule has 0 saturated carbocycles. The molecule has 17 heavy (non-hydrogen) atoms. The van der Waals surface area contributed by atoms with Crippen molar-refractivity contribution in [1.29, 1.82) is 0 Å². The van der Waals surface area contributed by atoms with Gasteiger partial charge in [-0.1, -0.05) is 58.5 Å². The van der Waals surface area contributed by atoms with Gasteiger partial charge in [-0.15, -0.1) is 0 Å². The fourth-order valence-electron chi connectivity index (χ4n) is 1.93. The maximum atomic E-state index is 11.6. The van der Waals surface area contributed by atoms with Crippen molar-refractivity contribution in [3.63, 3.8) is 0 Å². The van der Waals surface area contributed by atoms with Crippen LogP contribution in [0.5, 0.6) is 0 Å². The van der Waals surface area contributed by atoms with Crippen LogP contribution in [0.1, 0.15) is 39.5 Å². The molecule has 0 aliphatic carbocycles. The Morgan fingerprint density at radius 3 is 2.76 bits per heavy atom. The summed E-state index contributed by atoms with van der Waals surface area (Å²) in [5.74, 6) is 0.820. The molecule has 2 nitrogen and oxygen atoms in total. The van der Waals surface area contributed by atoms with Gasteiger partial charge in [-0.05, 0) is 18.8 Å². The molecule has 4 heteroatoms. The molecule has 1 rings (SSSR count). The first-order chi connectivity index (χ1) is 8.06. The predicted molar refractivity (Wildman–Crippen MR) is 77.5 cm³/mol. The third-order valence-electron chi connectivity index (χ3n) is 2.95. The number of carbonyl (C=O) groups excluding carboxylic acids is 1.